The summed E-state index contributed by atoms with van der Waals surface area (Å²) in [6.07, 6.45) is 5.91. The van der Waals surface area contributed by atoms with Crippen LogP contribution in [0.3, 0.4) is 0 Å². The first-order valence-corrected chi connectivity index (χ1v) is 11.6. The number of hydrogen-bond acceptors (Lipinski definition) is 6. The molecular weight excluding hydrogens is 396 g/mol. The fourth-order valence-electron chi connectivity index (χ4n) is 4.81. The van der Waals surface area contributed by atoms with Crippen molar-refractivity contribution in [3.8, 4) is 5.75 Å². The van der Waals surface area contributed by atoms with Gasteiger partial charge in [-0.2, -0.15) is 8.78 Å². The van der Waals surface area contributed by atoms with Crippen LogP contribution >= 0.6 is 11.9 Å². The first-order chi connectivity index (χ1) is 14.1. The van der Waals surface area contributed by atoms with Gasteiger partial charge in [0.15, 0.2) is 0 Å². The van der Waals surface area contributed by atoms with Gasteiger partial charge in [-0.3, -0.25) is 4.90 Å². The number of anilines is 1. The average molecular weight is 426 g/mol. The summed E-state index contributed by atoms with van der Waals surface area (Å²) in [5.74, 6) is -1.87. The van der Waals surface area contributed by atoms with Gasteiger partial charge >= 0.3 is 0 Å². The number of piperazine rings is 1. The van der Waals surface area contributed by atoms with Gasteiger partial charge in [-0.15, -0.1) is 0 Å². The number of alkyl halides is 2. The van der Waals surface area contributed by atoms with Crippen LogP contribution in [0.2, 0.25) is 0 Å². The number of likely N-dealkylation sites (tertiary alicyclic amines) is 1. The molecule has 1 aromatic rings. The van der Waals surface area contributed by atoms with Crippen molar-refractivity contribution in [1.82, 2.24) is 9.21 Å². The fourth-order valence-corrected chi connectivity index (χ4v) is 5.41. The number of nitrogens with zero attached hydrogens (tertiary/aromatic N) is 3. The number of hydrogen-bond donors (Lipinski definition) is 0. The van der Waals surface area contributed by atoms with Crippen LogP contribution in [0, 0.1) is 0 Å². The molecule has 0 aromatic heterocycles. The maximum Gasteiger partial charge on any atom is 0.298 e. The number of piperidine rings is 1. The Morgan fingerprint density at radius 3 is 2.45 bits per heavy atom. The highest BCUT2D eigenvalue weighted by molar-refractivity contribution is 7.97. The van der Waals surface area contributed by atoms with E-state index in [1.165, 1.54) is 19.3 Å². The molecule has 3 fully saturated rings. The van der Waals surface area contributed by atoms with Crippen LogP contribution in [-0.4, -0.2) is 66.1 Å². The first-order valence-electron chi connectivity index (χ1n) is 10.8. The Balaban J connectivity index is 1.19. The van der Waals surface area contributed by atoms with Crippen LogP contribution in [0.5, 0.6) is 5.75 Å². The maximum absolute atomic E-state index is 12.5. The number of benzene rings is 1. The van der Waals surface area contributed by atoms with Gasteiger partial charge in [0.05, 0.1) is 6.61 Å². The molecule has 160 valence electrons. The molecule has 3 heterocycles. The Hall–Kier alpha value is -1.09. The van der Waals surface area contributed by atoms with Crippen molar-refractivity contribution in [2.24, 2.45) is 0 Å². The minimum atomic E-state index is -2.34. The van der Waals surface area contributed by atoms with Crippen molar-refractivity contribution in [2.45, 2.75) is 56.3 Å². The van der Waals surface area contributed by atoms with Crippen LogP contribution in [0.25, 0.3) is 0 Å². The van der Waals surface area contributed by atoms with Crippen molar-refractivity contribution in [2.75, 3.05) is 44.2 Å². The lowest BCUT2D eigenvalue weighted by atomic mass is 9.89. The van der Waals surface area contributed by atoms with Gasteiger partial charge in [0.2, 0.25) is 5.79 Å². The Morgan fingerprint density at radius 2 is 1.79 bits per heavy atom. The number of fused-ring (bicyclic) bond motifs is 1. The molecule has 1 aromatic carbocycles. The van der Waals surface area contributed by atoms with Crippen LogP contribution < -0.4 is 9.64 Å². The summed E-state index contributed by atoms with van der Waals surface area (Å²) in [7, 11) is 0. The second-order valence-electron chi connectivity index (χ2n) is 8.50. The summed E-state index contributed by atoms with van der Waals surface area (Å²) in [5.41, 5.74) is 2.20. The largest absolute Gasteiger partial charge is 0.462 e. The number of halogens is 2. The highest BCUT2D eigenvalue weighted by Crippen LogP contribution is 2.40. The molecule has 1 saturated carbocycles. The van der Waals surface area contributed by atoms with Crippen LogP contribution in [0.1, 0.15) is 37.7 Å². The van der Waals surface area contributed by atoms with Crippen LogP contribution in [-0.2, 0) is 11.3 Å². The third kappa shape index (κ3) is 4.22. The van der Waals surface area contributed by atoms with Gasteiger partial charge in [0.25, 0.3) is 5.76 Å². The zero-order valence-corrected chi connectivity index (χ0v) is 17.5. The Bertz CT molecular complexity index is 718. The van der Waals surface area contributed by atoms with E-state index in [-0.39, 0.29) is 0 Å². The molecule has 4 aliphatic rings. The predicted octanol–water partition coefficient (Wildman–Crippen LogP) is 3.93. The van der Waals surface area contributed by atoms with E-state index in [0.717, 1.165) is 62.1 Å². The zero-order chi connectivity index (χ0) is 19.8. The number of ether oxygens (including phenoxy) is 2. The third-order valence-corrected chi connectivity index (χ3v) is 7.64. The zero-order valence-electron chi connectivity index (χ0n) is 16.7. The lowest BCUT2D eigenvalue weighted by Crippen LogP contribution is -2.54. The first kappa shape index (κ1) is 19.8. The summed E-state index contributed by atoms with van der Waals surface area (Å²) >= 11 is 0.645. The Morgan fingerprint density at radius 1 is 1.03 bits per heavy atom. The van der Waals surface area contributed by atoms with E-state index in [1.807, 2.05) is 0 Å². The molecule has 8 heteroatoms. The predicted molar refractivity (Wildman–Crippen MR) is 110 cm³/mol. The summed E-state index contributed by atoms with van der Waals surface area (Å²) in [4.78, 5) is 4.86. The average Bonchev–Trinajstić information content (AvgIpc) is 2.68. The lowest BCUT2D eigenvalue weighted by Gasteiger charge is -2.47. The Kier molecular flexibility index (Phi) is 5.62. The van der Waals surface area contributed by atoms with E-state index in [4.69, 9.17) is 9.47 Å². The van der Waals surface area contributed by atoms with Crippen molar-refractivity contribution in [3.05, 3.63) is 23.8 Å². The van der Waals surface area contributed by atoms with Gasteiger partial charge < -0.3 is 14.4 Å². The van der Waals surface area contributed by atoms with Gasteiger partial charge in [-0.25, -0.2) is 4.31 Å². The van der Waals surface area contributed by atoms with Crippen molar-refractivity contribution >= 4 is 17.6 Å². The molecule has 0 atom stereocenters. The maximum atomic E-state index is 12.5. The molecule has 0 bridgehead atoms. The molecule has 0 amide bonds. The normalized spacial score (nSPS) is 25.7. The minimum absolute atomic E-state index is 0.465. The highest BCUT2D eigenvalue weighted by atomic mass is 32.2. The standard InChI is InChI=1S/C21H29F2N3O2S/c22-20(23)29-26-12-10-25(11-13-26)18-4-5-19-16(14-18)15-27-21(28-19)6-8-24(9-7-21)17-2-1-3-17/h4-5,14,17,20H,1-3,6-13,15H2. The summed E-state index contributed by atoms with van der Waals surface area (Å²) in [5, 5.41) is 0. The van der Waals surface area contributed by atoms with Crippen molar-refractivity contribution in [1.29, 1.82) is 0 Å². The van der Waals surface area contributed by atoms with E-state index < -0.39 is 11.5 Å². The van der Waals surface area contributed by atoms with Gasteiger partial charge in [-0.1, -0.05) is 6.42 Å². The van der Waals surface area contributed by atoms with E-state index in [2.05, 4.69) is 28.0 Å². The molecule has 1 aliphatic carbocycles. The SMILES string of the molecule is FC(F)SN1CCN(c2ccc3c(c2)COC2(CCN(C4CCC4)CC2)O3)CC1. The van der Waals surface area contributed by atoms with Crippen LogP contribution in [0.15, 0.2) is 18.2 Å². The molecule has 5 rings (SSSR count). The second-order valence-corrected chi connectivity index (χ2v) is 9.58. The smallest absolute Gasteiger partial charge is 0.298 e. The van der Waals surface area contributed by atoms with E-state index in [0.29, 0.717) is 31.6 Å². The topological polar surface area (TPSA) is 28.2 Å². The highest BCUT2D eigenvalue weighted by Gasteiger charge is 2.42. The second kappa shape index (κ2) is 8.21. The third-order valence-electron chi connectivity index (χ3n) is 6.81. The van der Waals surface area contributed by atoms with Crippen molar-refractivity contribution < 1.29 is 18.3 Å². The van der Waals surface area contributed by atoms with Crippen LogP contribution in [0.4, 0.5) is 14.5 Å². The molecule has 0 N–H and O–H groups in total. The van der Waals surface area contributed by atoms with E-state index in [9.17, 15) is 8.78 Å². The fraction of sp³-hybridized carbons (Fsp3) is 0.714. The van der Waals surface area contributed by atoms with Gasteiger partial charge in [0, 0.05) is 69.4 Å². The van der Waals surface area contributed by atoms with E-state index in [1.54, 1.807) is 4.31 Å². The monoisotopic (exact) mass is 425 g/mol. The molecule has 5 nitrogen and oxygen atoms in total. The van der Waals surface area contributed by atoms with Gasteiger partial charge in [-0.05, 0) is 43.0 Å². The van der Waals surface area contributed by atoms with Gasteiger partial charge in [0.1, 0.15) is 5.75 Å². The molecule has 0 radical (unpaired) electrons. The lowest BCUT2D eigenvalue weighted by molar-refractivity contribution is -0.231. The van der Waals surface area contributed by atoms with E-state index >= 15 is 0 Å². The Labute approximate surface area is 175 Å². The quantitative estimate of drug-likeness (QED) is 0.679. The minimum Gasteiger partial charge on any atom is -0.462 e. The summed E-state index contributed by atoms with van der Waals surface area (Å²) < 4.78 is 39.5. The summed E-state index contributed by atoms with van der Waals surface area (Å²) in [6, 6.07) is 7.08. The molecule has 29 heavy (non-hydrogen) atoms. The molecule has 3 aliphatic heterocycles. The molecular formula is C21H29F2N3O2S. The molecule has 0 unspecified atom stereocenters. The summed E-state index contributed by atoms with van der Waals surface area (Å²) in [6.45, 7) is 5.47. The number of rotatable bonds is 4. The molecule has 1 spiro atoms. The van der Waals surface area contributed by atoms with Crippen molar-refractivity contribution in [3.63, 3.8) is 0 Å². The molecule has 2 saturated heterocycles.